The van der Waals surface area contributed by atoms with Crippen LogP contribution in [0.25, 0.3) is 11.0 Å². The predicted molar refractivity (Wildman–Crippen MR) is 97.0 cm³/mol. The Morgan fingerprint density at radius 2 is 1.63 bits per heavy atom. The van der Waals surface area contributed by atoms with E-state index < -0.39 is 23.5 Å². The van der Waals surface area contributed by atoms with E-state index in [0.717, 1.165) is 46.6 Å². The third kappa shape index (κ3) is 2.83. The smallest absolute Gasteiger partial charge is 0.336 e. The summed E-state index contributed by atoms with van der Waals surface area (Å²) in [7, 11) is 0. The second-order valence-electron chi connectivity index (χ2n) is 7.31. The molecule has 2 aromatic rings. The number of carbonyl (C=O) groups excluding carboxylic acids is 3. The van der Waals surface area contributed by atoms with Crippen molar-refractivity contribution in [3.05, 3.63) is 45.3 Å². The Labute approximate surface area is 155 Å². The van der Waals surface area contributed by atoms with Gasteiger partial charge in [0.05, 0.1) is 6.54 Å². The van der Waals surface area contributed by atoms with Crippen LogP contribution in [0, 0.1) is 13.8 Å². The first kappa shape index (κ1) is 17.5. The molecule has 2 heterocycles. The van der Waals surface area contributed by atoms with E-state index in [2.05, 4.69) is 0 Å². The molecule has 1 aliphatic carbocycles. The number of aryl methyl sites for hydroxylation is 2. The Balaban J connectivity index is 1.72. The van der Waals surface area contributed by atoms with E-state index in [9.17, 15) is 19.2 Å². The molecule has 0 atom stereocenters. The minimum atomic E-state index is -0.836. The first-order valence-electron chi connectivity index (χ1n) is 9.10. The van der Waals surface area contributed by atoms with Gasteiger partial charge in [-0.05, 0) is 55.5 Å². The zero-order valence-corrected chi connectivity index (χ0v) is 15.3. The first-order valence-corrected chi connectivity index (χ1v) is 9.10. The highest BCUT2D eigenvalue weighted by Crippen LogP contribution is 2.29. The van der Waals surface area contributed by atoms with Crippen molar-refractivity contribution in [2.75, 3.05) is 0 Å². The number of urea groups is 1. The van der Waals surface area contributed by atoms with Crippen molar-refractivity contribution in [3.63, 3.8) is 0 Å². The summed E-state index contributed by atoms with van der Waals surface area (Å²) in [6, 6.07) is 4.10. The van der Waals surface area contributed by atoms with Crippen molar-refractivity contribution in [2.24, 2.45) is 0 Å². The molecule has 7 heteroatoms. The minimum Gasteiger partial charge on any atom is -0.423 e. The summed E-state index contributed by atoms with van der Waals surface area (Å²) in [6.07, 6.45) is 3.35. The summed E-state index contributed by atoms with van der Waals surface area (Å²) in [5.41, 5.74) is 2.31. The molecule has 2 fully saturated rings. The van der Waals surface area contributed by atoms with Gasteiger partial charge in [0.1, 0.15) is 5.58 Å². The number of nitrogens with zero attached hydrogens (tertiary/aromatic N) is 2. The lowest BCUT2D eigenvalue weighted by Crippen LogP contribution is -2.39. The van der Waals surface area contributed by atoms with Crippen LogP contribution in [0.2, 0.25) is 0 Å². The van der Waals surface area contributed by atoms with Crippen molar-refractivity contribution in [2.45, 2.75) is 52.1 Å². The quantitative estimate of drug-likeness (QED) is 0.472. The molecule has 4 amide bonds. The molecule has 1 saturated carbocycles. The largest absolute Gasteiger partial charge is 0.423 e. The van der Waals surface area contributed by atoms with Gasteiger partial charge in [-0.25, -0.2) is 9.59 Å². The zero-order valence-electron chi connectivity index (χ0n) is 15.3. The van der Waals surface area contributed by atoms with E-state index in [-0.39, 0.29) is 12.6 Å². The average Bonchev–Trinajstić information content (AvgIpc) is 3.20. The molecule has 27 heavy (non-hydrogen) atoms. The lowest BCUT2D eigenvalue weighted by Gasteiger charge is -2.21. The molecule has 140 valence electrons. The van der Waals surface area contributed by atoms with E-state index >= 15 is 0 Å². The Morgan fingerprint density at radius 1 is 0.963 bits per heavy atom. The molecule has 0 N–H and O–H groups in total. The van der Waals surface area contributed by atoms with Crippen LogP contribution in [0.5, 0.6) is 0 Å². The van der Waals surface area contributed by atoms with E-state index in [0.29, 0.717) is 16.5 Å². The standard InChI is InChI=1S/C20H20N2O5/c1-11-7-15-13(9-17(23)27-16(15)8-12(11)2)10-21-18(24)19(25)22(20(21)26)14-5-3-4-6-14/h7-9,14H,3-6,10H2,1-2H3. The molecule has 0 radical (unpaired) electrons. The second-order valence-corrected chi connectivity index (χ2v) is 7.31. The monoisotopic (exact) mass is 368 g/mol. The van der Waals surface area contributed by atoms with Gasteiger partial charge in [-0.1, -0.05) is 12.8 Å². The molecule has 0 unspecified atom stereocenters. The molecular formula is C20H20N2O5. The van der Waals surface area contributed by atoms with Crippen molar-refractivity contribution >= 4 is 28.8 Å². The molecule has 1 saturated heterocycles. The van der Waals surface area contributed by atoms with Gasteiger partial charge in [0, 0.05) is 17.5 Å². The maximum Gasteiger partial charge on any atom is 0.336 e. The molecule has 4 rings (SSSR count). The van der Waals surface area contributed by atoms with Gasteiger partial charge in [-0.2, -0.15) is 0 Å². The third-order valence-corrected chi connectivity index (χ3v) is 5.55. The van der Waals surface area contributed by atoms with Crippen molar-refractivity contribution in [3.8, 4) is 0 Å². The number of hydrogen-bond donors (Lipinski definition) is 0. The van der Waals surface area contributed by atoms with E-state index in [1.807, 2.05) is 19.9 Å². The Morgan fingerprint density at radius 3 is 2.33 bits per heavy atom. The summed E-state index contributed by atoms with van der Waals surface area (Å²) < 4.78 is 5.26. The molecule has 7 nitrogen and oxygen atoms in total. The van der Waals surface area contributed by atoms with Crippen LogP contribution in [0.1, 0.15) is 42.4 Å². The van der Waals surface area contributed by atoms with Gasteiger partial charge in [0.15, 0.2) is 0 Å². The van der Waals surface area contributed by atoms with Crippen molar-refractivity contribution < 1.29 is 18.8 Å². The van der Waals surface area contributed by atoms with Crippen molar-refractivity contribution in [1.82, 2.24) is 9.80 Å². The molecule has 1 aromatic heterocycles. The third-order valence-electron chi connectivity index (χ3n) is 5.55. The number of carbonyl (C=O) groups is 3. The van der Waals surface area contributed by atoms with E-state index in [1.165, 1.54) is 6.07 Å². The van der Waals surface area contributed by atoms with Crippen molar-refractivity contribution in [1.29, 1.82) is 0 Å². The molecular weight excluding hydrogens is 348 g/mol. The van der Waals surface area contributed by atoms with Crippen LogP contribution in [0.15, 0.2) is 27.4 Å². The highest BCUT2D eigenvalue weighted by Gasteiger charge is 2.48. The molecule has 0 spiro atoms. The van der Waals surface area contributed by atoms with Gasteiger partial charge >= 0.3 is 23.5 Å². The number of benzene rings is 1. The molecule has 1 aliphatic heterocycles. The topological polar surface area (TPSA) is 87.9 Å². The lowest BCUT2D eigenvalue weighted by molar-refractivity contribution is -0.144. The van der Waals surface area contributed by atoms with Gasteiger partial charge < -0.3 is 4.42 Å². The Bertz CT molecular complexity index is 1030. The molecule has 1 aromatic carbocycles. The summed E-state index contributed by atoms with van der Waals surface area (Å²) in [6.45, 7) is 3.71. The SMILES string of the molecule is Cc1cc2oc(=O)cc(CN3C(=O)C(=O)N(C4CCCC4)C3=O)c2cc1C. The highest BCUT2D eigenvalue weighted by atomic mass is 16.4. The van der Waals surface area contributed by atoms with Crippen LogP contribution in [-0.4, -0.2) is 33.7 Å². The maximum atomic E-state index is 12.8. The fourth-order valence-electron chi connectivity index (χ4n) is 3.93. The van der Waals surface area contributed by atoms with Gasteiger partial charge in [-0.3, -0.25) is 19.4 Å². The maximum absolute atomic E-state index is 12.8. The number of imide groups is 2. The number of hydrogen-bond acceptors (Lipinski definition) is 5. The van der Waals surface area contributed by atoms with Crippen LogP contribution in [0.3, 0.4) is 0 Å². The highest BCUT2D eigenvalue weighted by molar-refractivity contribution is 6.44. The first-order chi connectivity index (χ1) is 12.9. The summed E-state index contributed by atoms with van der Waals surface area (Å²) in [5.74, 6) is -1.61. The van der Waals surface area contributed by atoms with Crippen LogP contribution in [-0.2, 0) is 16.1 Å². The molecule has 2 aliphatic rings. The van der Waals surface area contributed by atoms with Crippen LogP contribution < -0.4 is 5.63 Å². The van der Waals surface area contributed by atoms with E-state index in [1.54, 1.807) is 6.07 Å². The van der Waals surface area contributed by atoms with Crippen LogP contribution >= 0.6 is 0 Å². The normalized spacial score (nSPS) is 18.4. The average molecular weight is 368 g/mol. The summed E-state index contributed by atoms with van der Waals surface area (Å²) in [4.78, 5) is 51.5. The fraction of sp³-hybridized carbons (Fsp3) is 0.400. The number of rotatable bonds is 3. The second kappa shape index (κ2) is 6.33. The number of amides is 4. The summed E-state index contributed by atoms with van der Waals surface area (Å²) >= 11 is 0. The lowest BCUT2D eigenvalue weighted by atomic mass is 10.0. The van der Waals surface area contributed by atoms with Crippen LogP contribution in [0.4, 0.5) is 4.79 Å². The Kier molecular flexibility index (Phi) is 4.09. The predicted octanol–water partition coefficient (Wildman–Crippen LogP) is 2.64. The zero-order chi connectivity index (χ0) is 19.3. The van der Waals surface area contributed by atoms with Gasteiger partial charge in [0.25, 0.3) is 0 Å². The number of fused-ring (bicyclic) bond motifs is 1. The Hall–Kier alpha value is -2.96. The summed E-state index contributed by atoms with van der Waals surface area (Å²) in [5, 5.41) is 0.657. The van der Waals surface area contributed by atoms with Gasteiger partial charge in [0.2, 0.25) is 0 Å². The molecule has 0 bridgehead atoms. The van der Waals surface area contributed by atoms with E-state index in [4.69, 9.17) is 4.42 Å². The fourth-order valence-corrected chi connectivity index (χ4v) is 3.93. The minimum absolute atomic E-state index is 0.128. The van der Waals surface area contributed by atoms with Gasteiger partial charge in [-0.15, -0.1) is 0 Å².